The minimum absolute atomic E-state index is 0.00980. The van der Waals surface area contributed by atoms with Crippen LogP contribution >= 0.6 is 0 Å². The molecular formula is C56H91NO5Si3. The molecular weight excluding hydrogens is 851 g/mol. The third-order valence-electron chi connectivity index (χ3n) is 15.0. The number of allylic oxidation sites excluding steroid dienone is 1. The average molecular weight is 943 g/mol. The molecule has 0 aliphatic carbocycles. The molecule has 0 saturated carbocycles. The maximum absolute atomic E-state index is 14.9. The van der Waals surface area contributed by atoms with E-state index < -0.39 is 30.4 Å². The number of aliphatic hydroxyl groups excluding tert-OH is 1. The molecule has 3 aromatic rings. The van der Waals surface area contributed by atoms with Gasteiger partial charge in [-0.2, -0.15) is 0 Å². The lowest BCUT2D eigenvalue weighted by molar-refractivity contribution is -0.141. The molecule has 0 amide bonds. The van der Waals surface area contributed by atoms with Crippen molar-refractivity contribution in [3.8, 4) is 0 Å². The minimum Gasteiger partial charge on any atom is -0.413 e. The first-order chi connectivity index (χ1) is 29.9. The number of nitrogens with zero attached hydrogens (tertiary/aromatic N) is 1. The fraction of sp³-hybridized carbons (Fsp3) is 0.607. The fourth-order valence-corrected chi connectivity index (χ4v) is 16.3. The molecule has 0 bridgehead atoms. The van der Waals surface area contributed by atoms with E-state index in [1.54, 1.807) is 0 Å². The van der Waals surface area contributed by atoms with Crippen LogP contribution in [0.1, 0.15) is 142 Å². The van der Waals surface area contributed by atoms with E-state index in [-0.39, 0.29) is 57.7 Å². The lowest BCUT2D eigenvalue weighted by Gasteiger charge is -2.46. The maximum atomic E-state index is 14.9. The molecule has 2 aromatic carbocycles. The van der Waals surface area contributed by atoms with Crippen LogP contribution in [0.15, 0.2) is 102 Å². The zero-order valence-corrected chi connectivity index (χ0v) is 47.4. The van der Waals surface area contributed by atoms with Crippen LogP contribution in [0.5, 0.6) is 0 Å². The predicted octanol–water partition coefficient (Wildman–Crippen LogP) is 14.0. The summed E-state index contributed by atoms with van der Waals surface area (Å²) in [5.41, 5.74) is 2.77. The van der Waals surface area contributed by atoms with Gasteiger partial charge in [0.2, 0.25) is 0 Å². The van der Waals surface area contributed by atoms with Crippen LogP contribution in [-0.4, -0.2) is 65.7 Å². The van der Waals surface area contributed by atoms with E-state index in [4.69, 9.17) is 13.3 Å². The van der Waals surface area contributed by atoms with Gasteiger partial charge in [0.1, 0.15) is 5.78 Å². The van der Waals surface area contributed by atoms with E-state index >= 15 is 0 Å². The molecule has 0 aliphatic rings. The molecule has 3 rings (SSSR count). The second-order valence-corrected chi connectivity index (χ2v) is 37.5. The van der Waals surface area contributed by atoms with Crippen molar-refractivity contribution in [1.82, 2.24) is 4.98 Å². The standard InChI is InChI=1S/C56H91NO5Si3/c1-42(28-26-29-43(2)51(62-64(18,19)54(8,9)10)45(4)52(59)56(14,15)50(37-39-58)61-63(16,17)53(5,6)7)35-36-49(44(3)40-46-30-27-38-57-41-46)60-65(55(11,12)13,47-31-22-20-23-32-47)48-33-24-21-25-34-48/h20-25,27,30-35,38,40-41,43,45,49-51,58H,26,28-29,36-37,39H2,1-19H3/b42-35+,44-40+/t43-,45+,49-,50-,51-/m0/s1. The van der Waals surface area contributed by atoms with Crippen molar-refractivity contribution in [1.29, 1.82) is 0 Å². The molecule has 0 unspecified atom stereocenters. The Hall–Kier alpha value is -2.77. The Labute approximate surface area is 400 Å². The summed E-state index contributed by atoms with van der Waals surface area (Å²) in [4.78, 5) is 19.3. The maximum Gasteiger partial charge on any atom is 0.261 e. The summed E-state index contributed by atoms with van der Waals surface area (Å²) in [7, 11) is -7.35. The van der Waals surface area contributed by atoms with Crippen molar-refractivity contribution in [2.75, 3.05) is 6.61 Å². The monoisotopic (exact) mass is 942 g/mol. The van der Waals surface area contributed by atoms with Crippen LogP contribution in [0, 0.1) is 17.3 Å². The van der Waals surface area contributed by atoms with E-state index in [0.29, 0.717) is 6.42 Å². The Morgan fingerprint density at radius 2 is 1.23 bits per heavy atom. The molecule has 0 aliphatic heterocycles. The number of hydrogen-bond acceptors (Lipinski definition) is 6. The Kier molecular flexibility index (Phi) is 20.0. The number of hydrogen-bond donors (Lipinski definition) is 1. The van der Waals surface area contributed by atoms with Gasteiger partial charge in [-0.25, -0.2) is 0 Å². The number of ketones is 1. The van der Waals surface area contributed by atoms with Crippen molar-refractivity contribution in [2.24, 2.45) is 17.3 Å². The number of rotatable bonds is 23. The predicted molar refractivity (Wildman–Crippen MR) is 286 cm³/mol. The van der Waals surface area contributed by atoms with E-state index in [1.807, 2.05) is 32.3 Å². The SMILES string of the molecule is C/C(=C\C[C@H](O[Si](c1ccccc1)(c1ccccc1)C(C)(C)C)/C(C)=C/c1cccnc1)CCC[C@H](C)[C@H](O[Si](C)(C)C(C)(C)C)[C@@H](C)C(=O)C(C)(C)[C@H](CCO)O[Si](C)(C)C(C)(C)C. The van der Waals surface area contributed by atoms with Gasteiger partial charge in [-0.15, -0.1) is 0 Å². The Morgan fingerprint density at radius 1 is 0.708 bits per heavy atom. The molecule has 0 radical (unpaired) electrons. The van der Waals surface area contributed by atoms with Crippen molar-refractivity contribution in [3.05, 3.63) is 108 Å². The second-order valence-electron chi connectivity index (χ2n) is 23.7. The van der Waals surface area contributed by atoms with Crippen LogP contribution in [0.2, 0.25) is 41.3 Å². The Bertz CT molecular complexity index is 1940. The summed E-state index contributed by atoms with van der Waals surface area (Å²) in [6.45, 7) is 42.4. The highest BCUT2D eigenvalue weighted by molar-refractivity contribution is 6.99. The van der Waals surface area contributed by atoms with Crippen LogP contribution in [0.4, 0.5) is 0 Å². The van der Waals surface area contributed by atoms with E-state index in [0.717, 1.165) is 31.2 Å². The molecule has 65 heavy (non-hydrogen) atoms. The van der Waals surface area contributed by atoms with E-state index in [9.17, 15) is 9.90 Å². The van der Waals surface area contributed by atoms with Gasteiger partial charge in [0.25, 0.3) is 8.32 Å². The van der Waals surface area contributed by atoms with Crippen LogP contribution in [0.25, 0.3) is 6.08 Å². The van der Waals surface area contributed by atoms with Gasteiger partial charge in [0.15, 0.2) is 16.6 Å². The molecule has 0 fully saturated rings. The van der Waals surface area contributed by atoms with Crippen molar-refractivity contribution < 1.29 is 23.2 Å². The smallest absolute Gasteiger partial charge is 0.261 e. The van der Waals surface area contributed by atoms with E-state index in [1.165, 1.54) is 21.5 Å². The fourth-order valence-electron chi connectivity index (χ4n) is 8.67. The minimum atomic E-state index is -2.86. The topological polar surface area (TPSA) is 77.9 Å². The molecule has 1 aromatic heterocycles. The quantitative estimate of drug-likeness (QED) is 0.0754. The highest BCUT2D eigenvalue weighted by Crippen LogP contribution is 2.44. The van der Waals surface area contributed by atoms with Crippen molar-refractivity contribution in [3.63, 3.8) is 0 Å². The second kappa shape index (κ2) is 23.0. The molecule has 362 valence electrons. The lowest BCUT2D eigenvalue weighted by Crippen LogP contribution is -2.67. The first kappa shape index (κ1) is 56.6. The number of benzene rings is 2. The molecule has 0 saturated heterocycles. The summed E-state index contributed by atoms with van der Waals surface area (Å²) in [5.74, 6) is -0.0352. The largest absolute Gasteiger partial charge is 0.413 e. The van der Waals surface area contributed by atoms with Gasteiger partial charge in [0.05, 0.1) is 18.3 Å². The Balaban J connectivity index is 1.96. The van der Waals surface area contributed by atoms with Crippen LogP contribution in [-0.2, 0) is 18.1 Å². The number of pyridine rings is 1. The highest BCUT2D eigenvalue weighted by atomic mass is 28.4. The highest BCUT2D eigenvalue weighted by Gasteiger charge is 2.52. The number of carbonyl (C=O) groups excluding carboxylic acids is 1. The van der Waals surface area contributed by atoms with Gasteiger partial charge >= 0.3 is 0 Å². The summed E-state index contributed by atoms with van der Waals surface area (Å²) in [5, 5.41) is 12.6. The first-order valence-corrected chi connectivity index (χ1v) is 32.2. The van der Waals surface area contributed by atoms with E-state index in [2.05, 4.69) is 200 Å². The summed E-state index contributed by atoms with van der Waals surface area (Å²) in [6, 6.07) is 25.9. The van der Waals surface area contributed by atoms with Crippen molar-refractivity contribution in [2.45, 2.75) is 196 Å². The molecule has 9 heteroatoms. The summed E-state index contributed by atoms with van der Waals surface area (Å²) >= 11 is 0. The van der Waals surface area contributed by atoms with Gasteiger partial charge in [0, 0.05) is 30.3 Å². The molecule has 5 atom stereocenters. The zero-order valence-electron chi connectivity index (χ0n) is 44.4. The Morgan fingerprint density at radius 3 is 1.69 bits per heavy atom. The normalized spacial score (nSPS) is 16.5. The first-order valence-electron chi connectivity index (χ1n) is 24.5. The van der Waals surface area contributed by atoms with Gasteiger partial charge < -0.3 is 18.4 Å². The molecule has 1 N–H and O–H groups in total. The number of aromatic nitrogens is 1. The third-order valence-corrected chi connectivity index (χ3v) is 29.0. The van der Waals surface area contributed by atoms with Crippen molar-refractivity contribution >= 4 is 47.2 Å². The lowest BCUT2D eigenvalue weighted by atomic mass is 9.73. The number of Topliss-reactive ketones (excluding diaryl/α,β-unsaturated/α-hetero) is 1. The zero-order chi connectivity index (χ0) is 49.2. The molecule has 6 nitrogen and oxygen atoms in total. The van der Waals surface area contributed by atoms with Gasteiger partial charge in [-0.1, -0.05) is 174 Å². The molecule has 0 spiro atoms. The summed E-state index contributed by atoms with van der Waals surface area (Å²) in [6.07, 6.45) is 11.6. The number of aliphatic hydroxyl groups is 1. The molecule has 1 heterocycles. The van der Waals surface area contributed by atoms with Crippen LogP contribution < -0.4 is 10.4 Å². The number of carbonyl (C=O) groups is 1. The van der Waals surface area contributed by atoms with Crippen LogP contribution in [0.3, 0.4) is 0 Å². The third kappa shape index (κ3) is 14.6. The summed E-state index contributed by atoms with van der Waals surface area (Å²) < 4.78 is 22.0. The van der Waals surface area contributed by atoms with Gasteiger partial charge in [-0.05, 0) is 121 Å². The van der Waals surface area contributed by atoms with Gasteiger partial charge in [-0.3, -0.25) is 9.78 Å². The average Bonchev–Trinajstić information content (AvgIpc) is 3.21.